The van der Waals surface area contributed by atoms with Gasteiger partial charge in [0.1, 0.15) is 11.9 Å². The van der Waals surface area contributed by atoms with Gasteiger partial charge in [0.25, 0.3) is 5.91 Å². The average molecular weight is 209 g/mol. The summed E-state index contributed by atoms with van der Waals surface area (Å²) in [4.78, 5) is 11.3. The molecule has 0 fully saturated rings. The highest BCUT2D eigenvalue weighted by atomic mass is 16.5. The highest BCUT2D eigenvalue weighted by Crippen LogP contribution is 2.25. The molecular weight excluding hydrogens is 194 g/mol. The van der Waals surface area contributed by atoms with Crippen molar-refractivity contribution in [2.75, 3.05) is 12.4 Å². The molecule has 0 saturated heterocycles. The molecule has 0 aliphatic heterocycles. The van der Waals surface area contributed by atoms with Gasteiger partial charge < -0.3 is 15.2 Å². The van der Waals surface area contributed by atoms with E-state index in [2.05, 4.69) is 5.32 Å². The SMILES string of the molecule is COc1ccc(C)cc1NC(=O)C(C)O. The fraction of sp³-hybridized carbons (Fsp3) is 0.364. The normalized spacial score (nSPS) is 12.0. The molecule has 0 aliphatic carbocycles. The van der Waals surface area contributed by atoms with E-state index in [0.29, 0.717) is 11.4 Å². The van der Waals surface area contributed by atoms with E-state index in [1.165, 1.54) is 14.0 Å². The van der Waals surface area contributed by atoms with Crippen molar-refractivity contribution in [2.24, 2.45) is 0 Å². The Morgan fingerprint density at radius 2 is 2.20 bits per heavy atom. The minimum absolute atomic E-state index is 0.445. The highest BCUT2D eigenvalue weighted by Gasteiger charge is 2.11. The number of methoxy groups -OCH3 is 1. The van der Waals surface area contributed by atoms with Gasteiger partial charge in [0, 0.05) is 0 Å². The van der Waals surface area contributed by atoms with Crippen molar-refractivity contribution in [3.05, 3.63) is 23.8 Å². The summed E-state index contributed by atoms with van der Waals surface area (Å²) in [7, 11) is 1.53. The van der Waals surface area contributed by atoms with Crippen LogP contribution in [0.15, 0.2) is 18.2 Å². The summed E-state index contributed by atoms with van der Waals surface area (Å²) in [5, 5.41) is 11.7. The molecule has 4 heteroatoms. The molecule has 4 nitrogen and oxygen atoms in total. The van der Waals surface area contributed by atoms with E-state index in [9.17, 15) is 4.79 Å². The van der Waals surface area contributed by atoms with Gasteiger partial charge in [0.15, 0.2) is 0 Å². The molecule has 1 aromatic carbocycles. The van der Waals surface area contributed by atoms with Gasteiger partial charge in [-0.3, -0.25) is 4.79 Å². The van der Waals surface area contributed by atoms with Crippen LogP contribution in [0, 0.1) is 6.92 Å². The van der Waals surface area contributed by atoms with Gasteiger partial charge in [-0.25, -0.2) is 0 Å². The number of aliphatic hydroxyl groups is 1. The first-order valence-electron chi connectivity index (χ1n) is 4.68. The van der Waals surface area contributed by atoms with Crippen LogP contribution in [0.4, 0.5) is 5.69 Å². The molecule has 0 aromatic heterocycles. The summed E-state index contributed by atoms with van der Waals surface area (Å²) in [6, 6.07) is 5.45. The number of rotatable bonds is 3. The summed E-state index contributed by atoms with van der Waals surface area (Å²) in [6.45, 7) is 3.33. The minimum Gasteiger partial charge on any atom is -0.495 e. The lowest BCUT2D eigenvalue weighted by molar-refractivity contribution is -0.123. The Balaban J connectivity index is 2.92. The number of aliphatic hydroxyl groups excluding tert-OH is 1. The van der Waals surface area contributed by atoms with Crippen LogP contribution in [0.2, 0.25) is 0 Å². The fourth-order valence-corrected chi connectivity index (χ4v) is 1.16. The number of benzene rings is 1. The maximum Gasteiger partial charge on any atom is 0.253 e. The highest BCUT2D eigenvalue weighted by molar-refractivity contribution is 5.95. The fourth-order valence-electron chi connectivity index (χ4n) is 1.16. The molecule has 0 aliphatic rings. The lowest BCUT2D eigenvalue weighted by Crippen LogP contribution is -2.24. The molecule has 2 N–H and O–H groups in total. The Morgan fingerprint density at radius 3 is 2.73 bits per heavy atom. The van der Waals surface area contributed by atoms with Gasteiger partial charge in [-0.1, -0.05) is 6.07 Å². The predicted octanol–water partition coefficient (Wildman–Crippen LogP) is 1.32. The number of amides is 1. The lowest BCUT2D eigenvalue weighted by atomic mass is 10.2. The monoisotopic (exact) mass is 209 g/mol. The van der Waals surface area contributed by atoms with E-state index < -0.39 is 12.0 Å². The van der Waals surface area contributed by atoms with E-state index in [0.717, 1.165) is 5.56 Å². The second kappa shape index (κ2) is 4.79. The largest absolute Gasteiger partial charge is 0.495 e. The van der Waals surface area contributed by atoms with Crippen molar-refractivity contribution < 1.29 is 14.6 Å². The summed E-state index contributed by atoms with van der Waals surface area (Å²) < 4.78 is 5.08. The zero-order chi connectivity index (χ0) is 11.4. The molecule has 1 unspecified atom stereocenters. The Bertz CT molecular complexity index is 361. The van der Waals surface area contributed by atoms with E-state index >= 15 is 0 Å². The topological polar surface area (TPSA) is 58.6 Å². The molecule has 0 saturated carbocycles. The summed E-state index contributed by atoms with van der Waals surface area (Å²) >= 11 is 0. The van der Waals surface area contributed by atoms with Crippen molar-refractivity contribution in [2.45, 2.75) is 20.0 Å². The maximum atomic E-state index is 11.3. The molecule has 0 spiro atoms. The molecule has 0 radical (unpaired) electrons. The standard InChI is InChI=1S/C11H15NO3/c1-7-4-5-10(15-3)9(6-7)12-11(14)8(2)13/h4-6,8,13H,1-3H3,(H,12,14). The van der Waals surface area contributed by atoms with Gasteiger partial charge in [-0.2, -0.15) is 0 Å². The second-order valence-electron chi connectivity index (χ2n) is 3.37. The van der Waals surface area contributed by atoms with Crippen molar-refractivity contribution in [1.82, 2.24) is 0 Å². The molecule has 1 amide bonds. The first kappa shape index (κ1) is 11.5. The quantitative estimate of drug-likeness (QED) is 0.789. The van der Waals surface area contributed by atoms with Gasteiger partial charge in [-0.15, -0.1) is 0 Å². The zero-order valence-corrected chi connectivity index (χ0v) is 9.07. The molecule has 0 bridgehead atoms. The van der Waals surface area contributed by atoms with Crippen LogP contribution < -0.4 is 10.1 Å². The number of aryl methyl sites for hydroxylation is 1. The third-order valence-corrected chi connectivity index (χ3v) is 1.99. The van der Waals surface area contributed by atoms with Crippen molar-refractivity contribution >= 4 is 11.6 Å². The number of hydrogen-bond donors (Lipinski definition) is 2. The number of carbonyl (C=O) groups is 1. The van der Waals surface area contributed by atoms with E-state index in [1.54, 1.807) is 12.1 Å². The second-order valence-corrected chi connectivity index (χ2v) is 3.37. The first-order chi connectivity index (χ1) is 7.04. The summed E-state index contributed by atoms with van der Waals surface area (Å²) in [5.41, 5.74) is 1.58. The third-order valence-electron chi connectivity index (χ3n) is 1.99. The maximum absolute atomic E-state index is 11.3. The zero-order valence-electron chi connectivity index (χ0n) is 9.07. The van der Waals surface area contributed by atoms with Crippen LogP contribution in [0.25, 0.3) is 0 Å². The third kappa shape index (κ3) is 2.95. The molecule has 1 rings (SSSR count). The number of ether oxygens (including phenoxy) is 1. The molecule has 0 heterocycles. The molecule has 1 atom stereocenters. The molecule has 1 aromatic rings. The molecule has 82 valence electrons. The van der Waals surface area contributed by atoms with Crippen LogP contribution in [0.3, 0.4) is 0 Å². The van der Waals surface area contributed by atoms with Crippen LogP contribution in [0.5, 0.6) is 5.75 Å². The summed E-state index contributed by atoms with van der Waals surface area (Å²) in [5.74, 6) is 0.133. The van der Waals surface area contributed by atoms with Crippen molar-refractivity contribution in [3.8, 4) is 5.75 Å². The van der Waals surface area contributed by atoms with Gasteiger partial charge in [0.05, 0.1) is 12.8 Å². The average Bonchev–Trinajstić information content (AvgIpc) is 2.18. The predicted molar refractivity (Wildman–Crippen MR) is 58.0 cm³/mol. The minimum atomic E-state index is -1.03. The van der Waals surface area contributed by atoms with Gasteiger partial charge >= 0.3 is 0 Å². The van der Waals surface area contributed by atoms with Crippen LogP contribution in [-0.2, 0) is 4.79 Å². The molecular formula is C11H15NO3. The Kier molecular flexibility index (Phi) is 3.68. The molecule has 15 heavy (non-hydrogen) atoms. The lowest BCUT2D eigenvalue weighted by Gasteiger charge is -2.11. The van der Waals surface area contributed by atoms with Crippen LogP contribution in [-0.4, -0.2) is 24.2 Å². The van der Waals surface area contributed by atoms with Gasteiger partial charge in [0.2, 0.25) is 0 Å². The van der Waals surface area contributed by atoms with Crippen LogP contribution >= 0.6 is 0 Å². The van der Waals surface area contributed by atoms with Crippen LogP contribution in [0.1, 0.15) is 12.5 Å². The van der Waals surface area contributed by atoms with E-state index in [-0.39, 0.29) is 0 Å². The number of nitrogens with one attached hydrogen (secondary N) is 1. The smallest absolute Gasteiger partial charge is 0.253 e. The number of carbonyl (C=O) groups excluding carboxylic acids is 1. The van der Waals surface area contributed by atoms with E-state index in [4.69, 9.17) is 9.84 Å². The summed E-state index contributed by atoms with van der Waals surface area (Å²) in [6.07, 6.45) is -1.03. The van der Waals surface area contributed by atoms with Crippen molar-refractivity contribution in [1.29, 1.82) is 0 Å². The number of anilines is 1. The first-order valence-corrected chi connectivity index (χ1v) is 4.68. The Morgan fingerprint density at radius 1 is 1.53 bits per heavy atom. The van der Waals surface area contributed by atoms with Gasteiger partial charge in [-0.05, 0) is 31.5 Å². The van der Waals surface area contributed by atoms with E-state index in [1.807, 2.05) is 13.0 Å². The Labute approximate surface area is 88.9 Å². The Hall–Kier alpha value is -1.55. The number of hydrogen-bond acceptors (Lipinski definition) is 3. The van der Waals surface area contributed by atoms with Crippen molar-refractivity contribution in [3.63, 3.8) is 0 Å².